The molecule has 0 aliphatic carbocycles. The van der Waals surface area contributed by atoms with Crippen LogP contribution in [-0.4, -0.2) is 15.6 Å². The molecule has 0 radical (unpaired) electrons. The Morgan fingerprint density at radius 3 is 2.82 bits per heavy atom. The Balaban J connectivity index is 2.57. The first kappa shape index (κ1) is 10.4. The van der Waals surface area contributed by atoms with Crippen LogP contribution in [0.15, 0.2) is 29.1 Å². The number of hydrogen-bond acceptors (Lipinski definition) is 3. The van der Waals surface area contributed by atoms with Gasteiger partial charge in [0.05, 0.1) is 10.4 Å². The number of carbonyl (C=O) groups is 1. The monoisotopic (exact) mass is 264 g/mol. The average molecular weight is 265 g/mol. The van der Waals surface area contributed by atoms with E-state index in [0.717, 1.165) is 0 Å². The summed E-state index contributed by atoms with van der Waals surface area (Å²) in [6.45, 7) is 0. The van der Waals surface area contributed by atoms with Gasteiger partial charge in [0.2, 0.25) is 0 Å². The highest BCUT2D eigenvalue weighted by molar-refractivity contribution is 7.80. The fourth-order valence-electron chi connectivity index (χ4n) is 1.91. The molecule has 1 aliphatic rings. The number of carbonyl (C=O) groups excluding carboxylic acids is 1. The Bertz CT molecular complexity index is 751. The summed E-state index contributed by atoms with van der Waals surface area (Å²) in [5.41, 5.74) is -0.124. The van der Waals surface area contributed by atoms with Crippen molar-refractivity contribution in [3.8, 4) is 0 Å². The number of benzene rings is 1. The lowest BCUT2D eigenvalue weighted by Gasteiger charge is -2.04. The van der Waals surface area contributed by atoms with Crippen molar-refractivity contribution in [2.75, 3.05) is 0 Å². The lowest BCUT2D eigenvalue weighted by atomic mass is 10.1. The first-order chi connectivity index (χ1) is 8.09. The van der Waals surface area contributed by atoms with Crippen molar-refractivity contribution < 1.29 is 4.79 Å². The smallest absolute Gasteiger partial charge is 0.274 e. The summed E-state index contributed by atoms with van der Waals surface area (Å²) < 4.78 is 1.17. The van der Waals surface area contributed by atoms with E-state index in [2.05, 4.69) is 5.32 Å². The van der Waals surface area contributed by atoms with Gasteiger partial charge >= 0.3 is 0 Å². The molecular weight excluding hydrogens is 260 g/mol. The van der Waals surface area contributed by atoms with Gasteiger partial charge in [0.1, 0.15) is 5.69 Å². The van der Waals surface area contributed by atoms with E-state index in [-0.39, 0.29) is 22.3 Å². The molecule has 17 heavy (non-hydrogen) atoms. The van der Waals surface area contributed by atoms with E-state index >= 15 is 0 Å². The summed E-state index contributed by atoms with van der Waals surface area (Å²) in [5, 5.41) is 3.88. The molecule has 0 unspecified atom stereocenters. The standard InChI is InChI=1S/C11H5ClN2O2S/c12-6-3-1-2-5-4-7-9(15)13-11(17)14(7)10(16)8(5)6/h1-4H,(H,13,15,17). The highest BCUT2D eigenvalue weighted by Gasteiger charge is 2.26. The van der Waals surface area contributed by atoms with Gasteiger partial charge in [-0.05, 0) is 29.7 Å². The molecule has 1 aliphatic heterocycles. The van der Waals surface area contributed by atoms with Crippen molar-refractivity contribution in [1.82, 2.24) is 9.88 Å². The molecule has 1 N–H and O–H groups in total. The van der Waals surface area contributed by atoms with Gasteiger partial charge in [0, 0.05) is 0 Å². The first-order valence-electron chi connectivity index (χ1n) is 4.79. The zero-order valence-electron chi connectivity index (χ0n) is 8.36. The number of pyridine rings is 1. The molecule has 0 bridgehead atoms. The van der Waals surface area contributed by atoms with Gasteiger partial charge in [-0.2, -0.15) is 0 Å². The van der Waals surface area contributed by atoms with Crippen LogP contribution in [0, 0.1) is 0 Å². The SMILES string of the molecule is O=C1NC(=S)n2c1cc1cccc(Cl)c1c2=O. The molecule has 4 nitrogen and oxygen atoms in total. The fourth-order valence-corrected chi connectivity index (χ4v) is 2.44. The normalized spacial score (nSPS) is 13.9. The second-order valence-corrected chi connectivity index (χ2v) is 4.43. The summed E-state index contributed by atoms with van der Waals surface area (Å²) in [7, 11) is 0. The van der Waals surface area contributed by atoms with E-state index in [1.165, 1.54) is 4.57 Å². The number of nitrogens with one attached hydrogen (secondary N) is 1. The maximum Gasteiger partial charge on any atom is 0.274 e. The average Bonchev–Trinajstić information content (AvgIpc) is 2.55. The van der Waals surface area contributed by atoms with Crippen LogP contribution in [0.4, 0.5) is 0 Å². The maximum atomic E-state index is 12.2. The van der Waals surface area contributed by atoms with Crippen LogP contribution >= 0.6 is 23.8 Å². The van der Waals surface area contributed by atoms with Crippen LogP contribution in [0.1, 0.15) is 10.5 Å². The number of amides is 1. The summed E-state index contributed by atoms with van der Waals surface area (Å²) in [5.74, 6) is -0.367. The molecule has 1 aromatic heterocycles. The van der Waals surface area contributed by atoms with E-state index in [4.69, 9.17) is 23.8 Å². The molecule has 84 valence electrons. The van der Waals surface area contributed by atoms with E-state index in [1.807, 2.05) is 0 Å². The lowest BCUT2D eigenvalue weighted by Crippen LogP contribution is -2.28. The summed E-state index contributed by atoms with van der Waals surface area (Å²) >= 11 is 10.9. The zero-order chi connectivity index (χ0) is 12.2. The molecule has 3 rings (SSSR count). The van der Waals surface area contributed by atoms with Crippen molar-refractivity contribution in [3.05, 3.63) is 45.3 Å². The van der Waals surface area contributed by atoms with Gasteiger partial charge < -0.3 is 0 Å². The van der Waals surface area contributed by atoms with Gasteiger partial charge in [-0.15, -0.1) is 0 Å². The number of rotatable bonds is 0. The Labute approximate surface area is 106 Å². The van der Waals surface area contributed by atoms with Crippen molar-refractivity contribution in [3.63, 3.8) is 0 Å². The number of halogens is 1. The van der Waals surface area contributed by atoms with Gasteiger partial charge in [0.25, 0.3) is 11.5 Å². The van der Waals surface area contributed by atoms with E-state index in [0.29, 0.717) is 15.8 Å². The number of nitrogens with zero attached hydrogens (tertiary/aromatic N) is 1. The third-order valence-electron chi connectivity index (χ3n) is 2.65. The number of hydrogen-bond donors (Lipinski definition) is 1. The molecule has 6 heteroatoms. The number of fused-ring (bicyclic) bond motifs is 2. The highest BCUT2D eigenvalue weighted by atomic mass is 35.5. The van der Waals surface area contributed by atoms with Gasteiger partial charge in [-0.1, -0.05) is 23.7 Å². The Hall–Kier alpha value is -1.72. The quantitative estimate of drug-likeness (QED) is 0.734. The molecule has 0 fully saturated rings. The third kappa shape index (κ3) is 1.33. The third-order valence-corrected chi connectivity index (χ3v) is 3.25. The van der Waals surface area contributed by atoms with Gasteiger partial charge in [0.15, 0.2) is 5.11 Å². The molecule has 0 saturated heterocycles. The Kier molecular flexibility index (Phi) is 2.08. The lowest BCUT2D eigenvalue weighted by molar-refractivity contribution is 0.0981. The number of thiocarbonyl (C=S) groups is 1. The predicted molar refractivity (Wildman–Crippen MR) is 68.7 cm³/mol. The second-order valence-electron chi connectivity index (χ2n) is 3.63. The van der Waals surface area contributed by atoms with E-state index in [9.17, 15) is 9.59 Å². The highest BCUT2D eigenvalue weighted by Crippen LogP contribution is 2.21. The summed E-state index contributed by atoms with van der Waals surface area (Å²) in [4.78, 5) is 23.8. The number of aromatic nitrogens is 1. The van der Waals surface area contributed by atoms with Crippen LogP contribution in [0.3, 0.4) is 0 Å². The minimum absolute atomic E-state index is 0.0943. The van der Waals surface area contributed by atoms with Crippen LogP contribution < -0.4 is 10.9 Å². The molecule has 2 aromatic rings. The molecule has 2 heterocycles. The fraction of sp³-hybridized carbons (Fsp3) is 0. The van der Waals surface area contributed by atoms with Crippen LogP contribution in [-0.2, 0) is 0 Å². The molecule has 1 amide bonds. The molecule has 0 saturated carbocycles. The largest absolute Gasteiger partial charge is 0.297 e. The Morgan fingerprint density at radius 1 is 1.29 bits per heavy atom. The molecular formula is C11H5ClN2O2S. The minimum atomic E-state index is -0.369. The van der Waals surface area contributed by atoms with E-state index in [1.54, 1.807) is 24.3 Å². The Morgan fingerprint density at radius 2 is 2.06 bits per heavy atom. The van der Waals surface area contributed by atoms with Crippen LogP contribution in [0.2, 0.25) is 5.02 Å². The van der Waals surface area contributed by atoms with Crippen LogP contribution in [0.25, 0.3) is 10.8 Å². The summed E-state index contributed by atoms with van der Waals surface area (Å²) in [6, 6.07) is 6.70. The van der Waals surface area contributed by atoms with Crippen molar-refractivity contribution in [2.24, 2.45) is 0 Å². The topological polar surface area (TPSA) is 51.1 Å². The van der Waals surface area contributed by atoms with E-state index < -0.39 is 0 Å². The summed E-state index contributed by atoms with van der Waals surface area (Å²) in [6.07, 6.45) is 0. The molecule has 0 atom stereocenters. The van der Waals surface area contributed by atoms with Crippen molar-refractivity contribution in [2.45, 2.75) is 0 Å². The minimum Gasteiger partial charge on any atom is -0.297 e. The van der Waals surface area contributed by atoms with Gasteiger partial charge in [-0.25, -0.2) is 4.57 Å². The predicted octanol–water partition coefficient (Wildman–Crippen LogP) is 1.53. The van der Waals surface area contributed by atoms with Gasteiger partial charge in [-0.3, -0.25) is 14.9 Å². The van der Waals surface area contributed by atoms with Crippen molar-refractivity contribution >= 4 is 45.6 Å². The molecule has 0 spiro atoms. The zero-order valence-corrected chi connectivity index (χ0v) is 9.93. The van der Waals surface area contributed by atoms with Crippen molar-refractivity contribution in [1.29, 1.82) is 0 Å². The maximum absolute atomic E-state index is 12.2. The molecule has 1 aromatic carbocycles. The second kappa shape index (κ2) is 3.38. The first-order valence-corrected chi connectivity index (χ1v) is 5.58. The van der Waals surface area contributed by atoms with Crippen LogP contribution in [0.5, 0.6) is 0 Å².